The molecule has 0 bridgehead atoms. The lowest BCUT2D eigenvalue weighted by Gasteiger charge is -2.25. The van der Waals surface area contributed by atoms with Crippen LogP contribution in [-0.4, -0.2) is 22.8 Å². The van der Waals surface area contributed by atoms with Gasteiger partial charge in [0.15, 0.2) is 0 Å². The van der Waals surface area contributed by atoms with E-state index in [1.54, 1.807) is 0 Å². The van der Waals surface area contributed by atoms with Gasteiger partial charge in [0.25, 0.3) is 0 Å². The van der Waals surface area contributed by atoms with E-state index >= 15 is 0 Å². The van der Waals surface area contributed by atoms with Crippen LogP contribution in [0.4, 0.5) is 0 Å². The number of aliphatic hydroxyl groups excluding tert-OH is 1. The number of fused-ring (bicyclic) bond motifs is 1. The molecule has 2 N–H and O–H groups in total. The number of carboxylic acid groups (broad SMARTS) is 1. The number of unbranched alkanes of at least 4 members (excludes halogenated alkanes) is 3. The summed E-state index contributed by atoms with van der Waals surface area (Å²) in [5.74, 6) is -0.681. The molecular formula is C16H22O3. The first-order chi connectivity index (χ1) is 9.20. The number of aryl methyl sites for hydroxylation is 1. The number of carboxylic acids is 1. The van der Waals surface area contributed by atoms with E-state index in [1.807, 2.05) is 24.3 Å². The molecule has 0 heterocycles. The molecule has 0 spiro atoms. The molecule has 1 aromatic carbocycles. The van der Waals surface area contributed by atoms with Crippen molar-refractivity contribution in [2.75, 3.05) is 6.61 Å². The zero-order valence-electron chi connectivity index (χ0n) is 11.3. The lowest BCUT2D eigenvalue weighted by molar-refractivity contribution is -0.144. The fourth-order valence-corrected chi connectivity index (χ4v) is 3.17. The predicted molar refractivity (Wildman–Crippen MR) is 74.2 cm³/mol. The third-order valence-corrected chi connectivity index (χ3v) is 4.28. The lowest BCUT2D eigenvalue weighted by atomic mass is 9.77. The van der Waals surface area contributed by atoms with Crippen LogP contribution in [0.1, 0.15) is 49.7 Å². The summed E-state index contributed by atoms with van der Waals surface area (Å²) < 4.78 is 0. The van der Waals surface area contributed by atoms with Gasteiger partial charge in [-0.1, -0.05) is 43.5 Å². The fraction of sp³-hybridized carbons (Fsp3) is 0.562. The van der Waals surface area contributed by atoms with E-state index in [-0.39, 0.29) is 6.61 Å². The summed E-state index contributed by atoms with van der Waals surface area (Å²) in [4.78, 5) is 11.8. The van der Waals surface area contributed by atoms with E-state index in [4.69, 9.17) is 5.11 Å². The Kier molecular flexibility index (Phi) is 4.59. The summed E-state index contributed by atoms with van der Waals surface area (Å²) in [6.45, 7) is 0.229. The molecule has 19 heavy (non-hydrogen) atoms. The minimum atomic E-state index is -0.681. The monoisotopic (exact) mass is 262 g/mol. The number of benzene rings is 1. The molecular weight excluding hydrogens is 240 g/mol. The van der Waals surface area contributed by atoms with Gasteiger partial charge in [-0.2, -0.15) is 0 Å². The molecule has 3 nitrogen and oxygen atoms in total. The second-order valence-electron chi connectivity index (χ2n) is 5.43. The van der Waals surface area contributed by atoms with Crippen molar-refractivity contribution in [1.82, 2.24) is 0 Å². The van der Waals surface area contributed by atoms with Crippen molar-refractivity contribution in [2.24, 2.45) is 0 Å². The third-order valence-electron chi connectivity index (χ3n) is 4.28. The molecule has 0 fully saturated rings. The van der Waals surface area contributed by atoms with Gasteiger partial charge in [0.1, 0.15) is 0 Å². The van der Waals surface area contributed by atoms with Crippen LogP contribution in [0.2, 0.25) is 0 Å². The number of hydrogen-bond acceptors (Lipinski definition) is 2. The SMILES string of the molecule is O=C(O)C1(CCCCCCO)CCc2ccccc21. The average molecular weight is 262 g/mol. The average Bonchev–Trinajstić information content (AvgIpc) is 2.79. The predicted octanol–water partition coefficient (Wildman–Crippen LogP) is 2.90. The molecule has 1 aromatic rings. The van der Waals surface area contributed by atoms with Gasteiger partial charge in [-0.05, 0) is 36.8 Å². The van der Waals surface area contributed by atoms with E-state index in [0.717, 1.165) is 44.1 Å². The lowest BCUT2D eigenvalue weighted by Crippen LogP contribution is -2.33. The van der Waals surface area contributed by atoms with E-state index in [0.29, 0.717) is 6.42 Å². The molecule has 1 aliphatic rings. The fourth-order valence-electron chi connectivity index (χ4n) is 3.17. The van der Waals surface area contributed by atoms with Crippen molar-refractivity contribution in [3.05, 3.63) is 35.4 Å². The molecule has 0 amide bonds. The molecule has 0 aliphatic heterocycles. The molecule has 3 heteroatoms. The van der Waals surface area contributed by atoms with E-state index in [9.17, 15) is 9.90 Å². The van der Waals surface area contributed by atoms with Gasteiger partial charge in [-0.15, -0.1) is 0 Å². The van der Waals surface area contributed by atoms with Gasteiger partial charge in [0, 0.05) is 6.61 Å². The topological polar surface area (TPSA) is 57.5 Å². The number of carbonyl (C=O) groups is 1. The van der Waals surface area contributed by atoms with E-state index < -0.39 is 11.4 Å². The zero-order valence-corrected chi connectivity index (χ0v) is 11.3. The highest BCUT2D eigenvalue weighted by molar-refractivity contribution is 5.83. The van der Waals surface area contributed by atoms with Gasteiger partial charge in [0.05, 0.1) is 5.41 Å². The zero-order chi connectivity index (χ0) is 13.7. The molecule has 1 unspecified atom stereocenters. The second kappa shape index (κ2) is 6.20. The Bertz CT molecular complexity index is 441. The number of aliphatic hydroxyl groups is 1. The van der Waals surface area contributed by atoms with E-state index in [1.165, 1.54) is 5.56 Å². The molecule has 1 aliphatic carbocycles. The summed E-state index contributed by atoms with van der Waals surface area (Å²) in [6, 6.07) is 7.95. The van der Waals surface area contributed by atoms with Gasteiger partial charge < -0.3 is 10.2 Å². The number of aliphatic carboxylic acids is 1. The van der Waals surface area contributed by atoms with Crippen molar-refractivity contribution >= 4 is 5.97 Å². The Morgan fingerprint density at radius 2 is 1.89 bits per heavy atom. The van der Waals surface area contributed by atoms with Crippen molar-refractivity contribution in [3.8, 4) is 0 Å². The van der Waals surface area contributed by atoms with Crippen LogP contribution in [0.3, 0.4) is 0 Å². The Hall–Kier alpha value is -1.35. The molecule has 0 saturated heterocycles. The standard InChI is InChI=1S/C16H22O3/c17-12-6-2-1-5-10-16(15(18)19)11-9-13-7-3-4-8-14(13)16/h3-4,7-8,17H,1-2,5-6,9-12H2,(H,18,19). The van der Waals surface area contributed by atoms with Gasteiger partial charge in [0.2, 0.25) is 0 Å². The first-order valence-electron chi connectivity index (χ1n) is 7.13. The summed E-state index contributed by atoms with van der Waals surface area (Å²) >= 11 is 0. The molecule has 0 saturated carbocycles. The van der Waals surface area contributed by atoms with Crippen LogP contribution in [0.5, 0.6) is 0 Å². The van der Waals surface area contributed by atoms with Gasteiger partial charge in [-0.3, -0.25) is 4.79 Å². The smallest absolute Gasteiger partial charge is 0.314 e. The molecule has 0 radical (unpaired) electrons. The highest BCUT2D eigenvalue weighted by Gasteiger charge is 2.44. The Balaban J connectivity index is 2.06. The van der Waals surface area contributed by atoms with Crippen molar-refractivity contribution in [1.29, 1.82) is 0 Å². The van der Waals surface area contributed by atoms with Crippen molar-refractivity contribution in [2.45, 2.75) is 50.4 Å². The quantitative estimate of drug-likeness (QED) is 0.743. The normalized spacial score (nSPS) is 21.3. The van der Waals surface area contributed by atoms with Crippen LogP contribution in [0.25, 0.3) is 0 Å². The summed E-state index contributed by atoms with van der Waals surface area (Å²) in [7, 11) is 0. The highest BCUT2D eigenvalue weighted by atomic mass is 16.4. The highest BCUT2D eigenvalue weighted by Crippen LogP contribution is 2.43. The number of hydrogen-bond donors (Lipinski definition) is 2. The van der Waals surface area contributed by atoms with Gasteiger partial charge >= 0.3 is 5.97 Å². The largest absolute Gasteiger partial charge is 0.481 e. The molecule has 104 valence electrons. The number of rotatable bonds is 7. The maximum absolute atomic E-state index is 11.8. The molecule has 0 aromatic heterocycles. The Morgan fingerprint density at radius 1 is 1.16 bits per heavy atom. The first kappa shape index (κ1) is 14.1. The summed E-state index contributed by atoms with van der Waals surface area (Å²) in [6.07, 6.45) is 6.02. The summed E-state index contributed by atoms with van der Waals surface area (Å²) in [5.41, 5.74) is 1.54. The summed E-state index contributed by atoms with van der Waals surface area (Å²) in [5, 5.41) is 18.4. The van der Waals surface area contributed by atoms with Gasteiger partial charge in [-0.25, -0.2) is 0 Å². The minimum Gasteiger partial charge on any atom is -0.481 e. The van der Waals surface area contributed by atoms with E-state index in [2.05, 4.69) is 0 Å². The maximum atomic E-state index is 11.8. The molecule has 1 atom stereocenters. The van der Waals surface area contributed by atoms with Crippen LogP contribution < -0.4 is 0 Å². The van der Waals surface area contributed by atoms with Crippen molar-refractivity contribution in [3.63, 3.8) is 0 Å². The van der Waals surface area contributed by atoms with Crippen LogP contribution >= 0.6 is 0 Å². The molecule has 2 rings (SSSR count). The third kappa shape index (κ3) is 2.81. The first-order valence-corrected chi connectivity index (χ1v) is 7.13. The Morgan fingerprint density at radius 3 is 2.63 bits per heavy atom. The second-order valence-corrected chi connectivity index (χ2v) is 5.43. The van der Waals surface area contributed by atoms with Crippen LogP contribution in [0.15, 0.2) is 24.3 Å². The Labute approximate surface area is 114 Å². The maximum Gasteiger partial charge on any atom is 0.314 e. The van der Waals surface area contributed by atoms with Crippen molar-refractivity contribution < 1.29 is 15.0 Å². The van der Waals surface area contributed by atoms with Crippen LogP contribution in [-0.2, 0) is 16.6 Å². The minimum absolute atomic E-state index is 0.229. The van der Waals surface area contributed by atoms with Crippen LogP contribution in [0, 0.1) is 0 Å².